The van der Waals surface area contributed by atoms with E-state index in [1.807, 2.05) is 18.2 Å². The predicted octanol–water partition coefficient (Wildman–Crippen LogP) is 3.13. The van der Waals surface area contributed by atoms with Crippen LogP contribution in [0.25, 0.3) is 0 Å². The molecule has 2 nitrogen and oxygen atoms in total. The second-order valence-electron chi connectivity index (χ2n) is 4.82. The second kappa shape index (κ2) is 4.69. The van der Waals surface area contributed by atoms with Crippen LogP contribution in [0.15, 0.2) is 30.3 Å². The molecule has 0 amide bonds. The standard InChI is InChI=1S/C14H18O2/c1-10(2)13-8-12(9-14(15)16-13)11-6-4-3-5-7-11/h3-7,10,12-13H,8-9H2,1-2H3/t12-,13-/m1/s1. The number of esters is 1. The van der Waals surface area contributed by atoms with E-state index in [2.05, 4.69) is 26.0 Å². The van der Waals surface area contributed by atoms with E-state index in [4.69, 9.17) is 4.74 Å². The van der Waals surface area contributed by atoms with Crippen LogP contribution >= 0.6 is 0 Å². The molecule has 0 saturated carbocycles. The summed E-state index contributed by atoms with van der Waals surface area (Å²) < 4.78 is 5.36. The molecule has 1 heterocycles. The van der Waals surface area contributed by atoms with Gasteiger partial charge in [-0.3, -0.25) is 4.79 Å². The van der Waals surface area contributed by atoms with Gasteiger partial charge in [-0.15, -0.1) is 0 Å². The van der Waals surface area contributed by atoms with E-state index < -0.39 is 0 Å². The molecule has 1 aliphatic rings. The molecule has 0 N–H and O–H groups in total. The van der Waals surface area contributed by atoms with Crippen molar-refractivity contribution < 1.29 is 9.53 Å². The highest BCUT2D eigenvalue weighted by molar-refractivity contribution is 5.71. The molecule has 0 aliphatic carbocycles. The Hall–Kier alpha value is -1.31. The summed E-state index contributed by atoms with van der Waals surface area (Å²) in [6, 6.07) is 10.3. The van der Waals surface area contributed by atoms with Gasteiger partial charge in [0.2, 0.25) is 0 Å². The topological polar surface area (TPSA) is 26.3 Å². The molecule has 2 heteroatoms. The van der Waals surface area contributed by atoms with Crippen LogP contribution in [0.1, 0.15) is 38.2 Å². The van der Waals surface area contributed by atoms with Gasteiger partial charge in [-0.1, -0.05) is 44.2 Å². The quantitative estimate of drug-likeness (QED) is 0.713. The maximum atomic E-state index is 11.5. The molecular formula is C14H18O2. The Balaban J connectivity index is 2.14. The van der Waals surface area contributed by atoms with E-state index >= 15 is 0 Å². The molecular weight excluding hydrogens is 200 g/mol. The van der Waals surface area contributed by atoms with Crippen molar-refractivity contribution in [1.82, 2.24) is 0 Å². The van der Waals surface area contributed by atoms with Gasteiger partial charge in [0.15, 0.2) is 0 Å². The number of carbonyl (C=O) groups is 1. The van der Waals surface area contributed by atoms with Crippen LogP contribution in [-0.4, -0.2) is 12.1 Å². The van der Waals surface area contributed by atoms with Crippen LogP contribution in [0.4, 0.5) is 0 Å². The Morgan fingerprint density at radius 1 is 1.25 bits per heavy atom. The van der Waals surface area contributed by atoms with Gasteiger partial charge >= 0.3 is 5.97 Å². The molecule has 1 saturated heterocycles. The van der Waals surface area contributed by atoms with E-state index in [9.17, 15) is 4.79 Å². The second-order valence-corrected chi connectivity index (χ2v) is 4.82. The molecule has 0 aromatic heterocycles. The monoisotopic (exact) mass is 218 g/mol. The Bertz CT molecular complexity index is 356. The van der Waals surface area contributed by atoms with Crippen LogP contribution in [-0.2, 0) is 9.53 Å². The molecule has 1 aromatic carbocycles. The normalized spacial score (nSPS) is 25.6. The fourth-order valence-electron chi connectivity index (χ4n) is 2.22. The lowest BCUT2D eigenvalue weighted by Crippen LogP contribution is -2.32. The summed E-state index contributed by atoms with van der Waals surface area (Å²) in [5, 5.41) is 0. The number of cyclic esters (lactones) is 1. The molecule has 0 bridgehead atoms. The van der Waals surface area contributed by atoms with E-state index in [1.54, 1.807) is 0 Å². The minimum Gasteiger partial charge on any atom is -0.462 e. The molecule has 1 aromatic rings. The Kier molecular flexibility index (Phi) is 3.28. The zero-order valence-corrected chi connectivity index (χ0v) is 9.85. The summed E-state index contributed by atoms with van der Waals surface area (Å²) in [4.78, 5) is 11.5. The van der Waals surface area contributed by atoms with Gasteiger partial charge in [0.25, 0.3) is 0 Å². The Morgan fingerprint density at radius 3 is 2.56 bits per heavy atom. The largest absolute Gasteiger partial charge is 0.462 e. The van der Waals surface area contributed by atoms with Crippen molar-refractivity contribution in [1.29, 1.82) is 0 Å². The molecule has 86 valence electrons. The molecule has 0 radical (unpaired) electrons. The third-order valence-corrected chi connectivity index (χ3v) is 3.23. The van der Waals surface area contributed by atoms with Gasteiger partial charge in [0, 0.05) is 0 Å². The fraction of sp³-hybridized carbons (Fsp3) is 0.500. The van der Waals surface area contributed by atoms with Crippen molar-refractivity contribution >= 4 is 5.97 Å². The summed E-state index contributed by atoms with van der Waals surface area (Å²) in [6.07, 6.45) is 1.55. The number of hydrogen-bond donors (Lipinski definition) is 0. The summed E-state index contributed by atoms with van der Waals surface area (Å²) in [5.74, 6) is 0.670. The van der Waals surface area contributed by atoms with Crippen LogP contribution in [0, 0.1) is 5.92 Å². The van der Waals surface area contributed by atoms with Gasteiger partial charge < -0.3 is 4.74 Å². The van der Waals surface area contributed by atoms with E-state index in [0.717, 1.165) is 6.42 Å². The SMILES string of the molecule is CC(C)[C@H]1C[C@@H](c2ccccc2)CC(=O)O1. The highest BCUT2D eigenvalue weighted by atomic mass is 16.5. The van der Waals surface area contributed by atoms with E-state index in [0.29, 0.717) is 18.3 Å². The number of ether oxygens (including phenoxy) is 1. The minimum absolute atomic E-state index is 0.0567. The van der Waals surface area contributed by atoms with Crippen molar-refractivity contribution in [3.05, 3.63) is 35.9 Å². The fourth-order valence-corrected chi connectivity index (χ4v) is 2.22. The molecule has 1 fully saturated rings. The summed E-state index contributed by atoms with van der Waals surface area (Å²) in [5.41, 5.74) is 1.25. The van der Waals surface area contributed by atoms with Crippen LogP contribution in [0.2, 0.25) is 0 Å². The molecule has 2 atom stereocenters. The highest BCUT2D eigenvalue weighted by Crippen LogP contribution is 2.33. The first-order valence-corrected chi connectivity index (χ1v) is 5.91. The van der Waals surface area contributed by atoms with Gasteiger partial charge in [0.1, 0.15) is 6.10 Å². The van der Waals surface area contributed by atoms with Crippen molar-refractivity contribution in [2.75, 3.05) is 0 Å². The highest BCUT2D eigenvalue weighted by Gasteiger charge is 2.30. The first-order chi connectivity index (χ1) is 7.66. The summed E-state index contributed by atoms with van der Waals surface area (Å²) in [7, 11) is 0. The molecule has 0 unspecified atom stereocenters. The smallest absolute Gasteiger partial charge is 0.306 e. The average Bonchev–Trinajstić information content (AvgIpc) is 2.29. The first kappa shape index (κ1) is 11.2. The lowest BCUT2D eigenvalue weighted by Gasteiger charge is -2.31. The third-order valence-electron chi connectivity index (χ3n) is 3.23. The van der Waals surface area contributed by atoms with Crippen molar-refractivity contribution in [3.8, 4) is 0 Å². The number of hydrogen-bond acceptors (Lipinski definition) is 2. The number of rotatable bonds is 2. The molecule has 2 rings (SSSR count). The zero-order chi connectivity index (χ0) is 11.5. The summed E-state index contributed by atoms with van der Waals surface area (Å²) in [6.45, 7) is 4.20. The van der Waals surface area contributed by atoms with Gasteiger partial charge in [-0.2, -0.15) is 0 Å². The van der Waals surface area contributed by atoms with Crippen LogP contribution < -0.4 is 0 Å². The summed E-state index contributed by atoms with van der Waals surface area (Å²) >= 11 is 0. The van der Waals surface area contributed by atoms with Gasteiger partial charge in [-0.25, -0.2) is 0 Å². The van der Waals surface area contributed by atoms with Crippen molar-refractivity contribution in [2.24, 2.45) is 5.92 Å². The van der Waals surface area contributed by atoms with Crippen molar-refractivity contribution in [2.45, 2.75) is 38.7 Å². The molecule has 16 heavy (non-hydrogen) atoms. The van der Waals surface area contributed by atoms with Crippen LogP contribution in [0.5, 0.6) is 0 Å². The Labute approximate surface area is 96.6 Å². The van der Waals surface area contributed by atoms with Crippen LogP contribution in [0.3, 0.4) is 0 Å². The maximum absolute atomic E-state index is 11.5. The average molecular weight is 218 g/mol. The van der Waals surface area contributed by atoms with Gasteiger partial charge in [-0.05, 0) is 23.8 Å². The zero-order valence-electron chi connectivity index (χ0n) is 9.85. The molecule has 0 spiro atoms. The minimum atomic E-state index is -0.0567. The van der Waals surface area contributed by atoms with Crippen molar-refractivity contribution in [3.63, 3.8) is 0 Å². The number of carbonyl (C=O) groups excluding carboxylic acids is 1. The predicted molar refractivity (Wildman–Crippen MR) is 63.1 cm³/mol. The van der Waals surface area contributed by atoms with Gasteiger partial charge in [0.05, 0.1) is 6.42 Å². The molecule has 1 aliphatic heterocycles. The third kappa shape index (κ3) is 2.43. The first-order valence-electron chi connectivity index (χ1n) is 5.91. The van der Waals surface area contributed by atoms with E-state index in [-0.39, 0.29) is 12.1 Å². The lowest BCUT2D eigenvalue weighted by atomic mass is 9.85. The maximum Gasteiger partial charge on any atom is 0.306 e. The lowest BCUT2D eigenvalue weighted by molar-refractivity contribution is -0.157. The van der Waals surface area contributed by atoms with E-state index in [1.165, 1.54) is 5.56 Å². The Morgan fingerprint density at radius 2 is 1.94 bits per heavy atom. The number of benzene rings is 1.